The molecule has 6 aromatic rings. The van der Waals surface area contributed by atoms with Crippen LogP contribution >= 0.6 is 45.3 Å². The summed E-state index contributed by atoms with van der Waals surface area (Å²) in [7, 11) is 3.19. The summed E-state index contributed by atoms with van der Waals surface area (Å²) in [4.78, 5) is 4.69. The van der Waals surface area contributed by atoms with E-state index < -0.39 is 34.3 Å². The second kappa shape index (κ2) is 22.9. The normalized spacial score (nSPS) is 16.5. The smallest absolute Gasteiger partial charge is 0.380 e. The summed E-state index contributed by atoms with van der Waals surface area (Å²) < 4.78 is 145. The van der Waals surface area contributed by atoms with Crippen molar-refractivity contribution in [1.29, 1.82) is 0 Å². The highest BCUT2D eigenvalue weighted by Gasteiger charge is 2.81. The largest absolute Gasteiger partial charge is 0.491 e. The molecule has 0 N–H and O–H groups in total. The van der Waals surface area contributed by atoms with Crippen LogP contribution in [0, 0.1) is 0 Å². The Morgan fingerprint density at radius 3 is 1.07 bits per heavy atom. The number of ether oxygens (including phenoxy) is 8. The highest BCUT2D eigenvalue weighted by Crippen LogP contribution is 2.70. The molecule has 8 nitrogen and oxygen atoms in total. The fourth-order valence-electron chi connectivity index (χ4n) is 8.89. The molecule has 18 heteroatoms. The van der Waals surface area contributed by atoms with E-state index in [2.05, 4.69) is 0 Å². The maximum absolute atomic E-state index is 17.1. The fraction of sp³-hybridized carbons (Fsp3) is 0.464. The Hall–Kier alpha value is -4.08. The number of hydrogen-bond donors (Lipinski definition) is 0. The number of allylic oxidation sites excluding steroid dienone is 2. The summed E-state index contributed by atoms with van der Waals surface area (Å²) in [6.45, 7) is 16.5. The van der Waals surface area contributed by atoms with Crippen LogP contribution in [-0.4, -0.2) is 111 Å². The highest BCUT2D eigenvalue weighted by atomic mass is 32.1. The van der Waals surface area contributed by atoms with Gasteiger partial charge in [-0.25, -0.2) is 0 Å². The first-order valence-corrected chi connectivity index (χ1v) is 27.6. The lowest BCUT2D eigenvalue weighted by Crippen LogP contribution is -2.49. The number of hydrogen-bond acceptors (Lipinski definition) is 12. The van der Waals surface area contributed by atoms with Gasteiger partial charge in [-0.05, 0) is 82.6 Å². The van der Waals surface area contributed by atoms with E-state index in [0.29, 0.717) is 95.0 Å². The van der Waals surface area contributed by atoms with E-state index in [-0.39, 0.29) is 58.1 Å². The van der Waals surface area contributed by atoms with Crippen LogP contribution in [0.15, 0.2) is 84.9 Å². The van der Waals surface area contributed by atoms with Gasteiger partial charge in [0.2, 0.25) is 0 Å². The Morgan fingerprint density at radius 2 is 0.743 bits per heavy atom. The third-order valence-corrected chi connectivity index (χ3v) is 18.6. The first-order valence-electron chi connectivity index (χ1n) is 24.3. The number of alkyl halides is 6. The molecule has 0 saturated heterocycles. The van der Waals surface area contributed by atoms with E-state index in [9.17, 15) is 0 Å². The Labute approximate surface area is 445 Å². The molecule has 8 rings (SSSR count). The Morgan fingerprint density at radius 1 is 0.405 bits per heavy atom. The molecule has 0 spiro atoms. The van der Waals surface area contributed by atoms with Crippen molar-refractivity contribution in [3.05, 3.63) is 127 Å². The van der Waals surface area contributed by atoms with Crippen LogP contribution < -0.4 is 9.47 Å². The second-order valence-corrected chi connectivity index (χ2v) is 24.2. The van der Waals surface area contributed by atoms with E-state index in [4.69, 9.17) is 37.9 Å². The Bertz CT molecular complexity index is 2660. The number of thiophene rings is 4. The van der Waals surface area contributed by atoms with Gasteiger partial charge in [0.25, 0.3) is 0 Å². The molecule has 400 valence electrons. The van der Waals surface area contributed by atoms with Crippen LogP contribution in [0.25, 0.3) is 30.7 Å². The average molecular weight is 1110 g/mol. The molecule has 4 aromatic heterocycles. The summed E-state index contributed by atoms with van der Waals surface area (Å²) in [5.74, 6) is -15.4. The molecule has 2 aliphatic rings. The van der Waals surface area contributed by atoms with Gasteiger partial charge >= 0.3 is 17.8 Å². The topological polar surface area (TPSA) is 73.8 Å². The van der Waals surface area contributed by atoms with Gasteiger partial charge in [-0.2, -0.15) is 26.3 Å². The zero-order chi connectivity index (χ0) is 53.1. The molecule has 0 radical (unpaired) electrons. The summed E-state index contributed by atoms with van der Waals surface area (Å²) in [6, 6.07) is 24.6. The number of benzene rings is 2. The second-order valence-electron chi connectivity index (χ2n) is 19.9. The predicted octanol–water partition coefficient (Wildman–Crippen LogP) is 14.5. The lowest BCUT2D eigenvalue weighted by Gasteiger charge is -2.36. The monoisotopic (exact) mass is 1100 g/mol. The van der Waals surface area contributed by atoms with Crippen LogP contribution in [0.3, 0.4) is 0 Å². The van der Waals surface area contributed by atoms with E-state index in [1.807, 2.05) is 65.8 Å². The number of halogens is 6. The standard InChI is InChI=1S/C56H62F6O8S4/c1-51(2,3)45-19-17-41(71-45)43-33-39-47-48(55(59,60)56(61,62)54(47,57)58)40-34-44(42-18-20-46(72-42)52(4,5)6)74-50(40)53(49(39)73-43,35-9-13-37(14-10-35)69-31-29-67-27-25-65-23-21-63-7)36-11-15-38(16-12-36)70-32-30-68-28-26-66-24-22-64-8/h9-20,33-34H,21-32H2,1-8H3. The third kappa shape index (κ3) is 11.0. The minimum atomic E-state index is -5.76. The molecule has 0 saturated carbocycles. The highest BCUT2D eigenvalue weighted by molar-refractivity contribution is 7.24. The lowest BCUT2D eigenvalue weighted by molar-refractivity contribution is -0.254. The van der Waals surface area contributed by atoms with Crippen LogP contribution in [0.1, 0.15) is 83.3 Å². The van der Waals surface area contributed by atoms with E-state index >= 15 is 26.3 Å². The van der Waals surface area contributed by atoms with Crippen molar-refractivity contribution in [1.82, 2.24) is 0 Å². The van der Waals surface area contributed by atoms with Gasteiger partial charge in [-0.15, -0.1) is 45.3 Å². The van der Waals surface area contributed by atoms with Gasteiger partial charge in [0.05, 0.1) is 71.5 Å². The van der Waals surface area contributed by atoms with Gasteiger partial charge < -0.3 is 37.9 Å². The molecule has 0 amide bonds. The summed E-state index contributed by atoms with van der Waals surface area (Å²) in [5, 5.41) is 0. The molecule has 0 fully saturated rings. The van der Waals surface area contributed by atoms with Crippen molar-refractivity contribution in [2.24, 2.45) is 0 Å². The maximum Gasteiger partial charge on any atom is 0.380 e. The number of fused-ring (bicyclic) bond motifs is 4. The Balaban J connectivity index is 1.31. The van der Waals surface area contributed by atoms with Crippen molar-refractivity contribution in [3.63, 3.8) is 0 Å². The van der Waals surface area contributed by atoms with Gasteiger partial charge in [0, 0.05) is 75.5 Å². The summed E-state index contributed by atoms with van der Waals surface area (Å²) >= 11 is 5.18. The SMILES string of the molecule is COCCOCCOCCOc1ccc(C2(c3ccc(OCCOCCOCCOC)cc3)c3sc(-c4ccc(C(C)(C)C)s4)cc3C3=C(c4cc(-c5ccc(C(C)(C)C)s5)sc42)C(F)(F)C(F)(F)C3(F)F)cc1. The minimum absolute atomic E-state index is 0.192. The molecular formula is C56H62F6O8S4. The number of rotatable bonds is 24. The number of methoxy groups -OCH3 is 2. The fourth-order valence-corrected chi connectivity index (χ4v) is 14.1. The average Bonchev–Trinajstić information content (AvgIpc) is 4.21. The molecule has 0 unspecified atom stereocenters. The first kappa shape index (κ1) is 56.1. The van der Waals surface area contributed by atoms with Crippen LogP contribution in [0.2, 0.25) is 0 Å². The zero-order valence-corrected chi connectivity index (χ0v) is 46.0. The van der Waals surface area contributed by atoms with E-state index in [1.54, 1.807) is 62.8 Å². The first-order chi connectivity index (χ1) is 35.2. The predicted molar refractivity (Wildman–Crippen MR) is 284 cm³/mol. The third-order valence-electron chi connectivity index (χ3n) is 12.7. The van der Waals surface area contributed by atoms with Crippen molar-refractivity contribution in [2.75, 3.05) is 93.5 Å². The lowest BCUT2D eigenvalue weighted by atomic mass is 9.70. The van der Waals surface area contributed by atoms with Crippen molar-refractivity contribution < 1.29 is 64.2 Å². The van der Waals surface area contributed by atoms with E-state index in [0.717, 1.165) is 32.4 Å². The Kier molecular flexibility index (Phi) is 17.3. The summed E-state index contributed by atoms with van der Waals surface area (Å²) in [5.41, 5.74) is -4.66. The van der Waals surface area contributed by atoms with Crippen molar-refractivity contribution in [2.45, 2.75) is 75.6 Å². The molecular weight excluding hydrogens is 1040 g/mol. The molecule has 2 aliphatic carbocycles. The van der Waals surface area contributed by atoms with Crippen LogP contribution in [-0.2, 0) is 44.7 Å². The quantitative estimate of drug-likeness (QED) is 0.0438. The molecule has 0 aliphatic heterocycles. The molecule has 0 bridgehead atoms. The van der Waals surface area contributed by atoms with Gasteiger partial charge in [-0.3, -0.25) is 0 Å². The maximum atomic E-state index is 17.1. The van der Waals surface area contributed by atoms with Gasteiger partial charge in [0.15, 0.2) is 0 Å². The van der Waals surface area contributed by atoms with Gasteiger partial charge in [0.1, 0.15) is 24.7 Å². The molecule has 0 atom stereocenters. The molecule has 2 aromatic carbocycles. The van der Waals surface area contributed by atoms with Crippen molar-refractivity contribution in [3.8, 4) is 31.0 Å². The molecule has 74 heavy (non-hydrogen) atoms. The van der Waals surface area contributed by atoms with Crippen molar-refractivity contribution >= 4 is 56.5 Å². The zero-order valence-electron chi connectivity index (χ0n) is 42.7. The van der Waals surface area contributed by atoms with E-state index in [1.165, 1.54) is 34.8 Å². The van der Waals surface area contributed by atoms with Gasteiger partial charge in [-0.1, -0.05) is 65.8 Å². The summed E-state index contributed by atoms with van der Waals surface area (Å²) in [6.07, 6.45) is 0. The van der Waals surface area contributed by atoms with Crippen LogP contribution in [0.5, 0.6) is 11.5 Å². The van der Waals surface area contributed by atoms with Crippen LogP contribution in [0.4, 0.5) is 26.3 Å². The minimum Gasteiger partial charge on any atom is -0.491 e. The molecule has 4 heterocycles.